The van der Waals surface area contributed by atoms with Crippen molar-refractivity contribution < 1.29 is 19.8 Å². The summed E-state index contributed by atoms with van der Waals surface area (Å²) in [7, 11) is 0. The van der Waals surface area contributed by atoms with E-state index >= 15 is 0 Å². The van der Waals surface area contributed by atoms with Gasteiger partial charge in [0, 0.05) is 30.9 Å². The minimum absolute atomic E-state index is 0.0696. The maximum atomic E-state index is 11.4. The fourth-order valence-corrected chi connectivity index (χ4v) is 2.65. The first kappa shape index (κ1) is 13.3. The van der Waals surface area contributed by atoms with Crippen molar-refractivity contribution in [1.29, 1.82) is 0 Å². The number of nitrogens with zero attached hydrogens (tertiary/aromatic N) is 3. The number of aliphatic carboxylic acids is 1. The lowest BCUT2D eigenvalue weighted by Gasteiger charge is -2.22. The average Bonchev–Trinajstić information content (AvgIpc) is 2.87. The number of rotatable bonds is 3. The second kappa shape index (κ2) is 5.01. The molecule has 7 heteroatoms. The third-order valence-electron chi connectivity index (χ3n) is 3.69. The van der Waals surface area contributed by atoms with Gasteiger partial charge in [-0.2, -0.15) is 0 Å². The van der Waals surface area contributed by atoms with Crippen LogP contribution >= 0.6 is 0 Å². The second-order valence-corrected chi connectivity index (χ2v) is 4.96. The van der Waals surface area contributed by atoms with Crippen molar-refractivity contribution in [2.24, 2.45) is 5.92 Å². The third-order valence-corrected chi connectivity index (χ3v) is 3.69. The van der Waals surface area contributed by atoms with Crippen molar-refractivity contribution >= 4 is 11.9 Å². The van der Waals surface area contributed by atoms with Crippen molar-refractivity contribution in [3.8, 4) is 11.4 Å². The first-order chi connectivity index (χ1) is 10.1. The smallest absolute Gasteiger partial charge is 0.356 e. The SMILES string of the molecule is O=C(O)c1nc(-c2cccnc2)n2c1CC(C(=O)O)CC2. The van der Waals surface area contributed by atoms with Crippen LogP contribution in [-0.2, 0) is 17.8 Å². The lowest BCUT2D eigenvalue weighted by molar-refractivity contribution is -0.142. The monoisotopic (exact) mass is 287 g/mol. The van der Waals surface area contributed by atoms with Gasteiger partial charge in [-0.3, -0.25) is 9.78 Å². The quantitative estimate of drug-likeness (QED) is 0.881. The fourth-order valence-electron chi connectivity index (χ4n) is 2.65. The number of aromatic nitrogens is 3. The fraction of sp³-hybridized carbons (Fsp3) is 0.286. The first-order valence-corrected chi connectivity index (χ1v) is 6.54. The minimum Gasteiger partial charge on any atom is -0.481 e. The summed E-state index contributed by atoms with van der Waals surface area (Å²) in [5, 5.41) is 18.4. The second-order valence-electron chi connectivity index (χ2n) is 4.96. The summed E-state index contributed by atoms with van der Waals surface area (Å²) in [5.41, 5.74) is 1.12. The summed E-state index contributed by atoms with van der Waals surface area (Å²) < 4.78 is 1.79. The van der Waals surface area contributed by atoms with E-state index in [0.717, 1.165) is 5.56 Å². The lowest BCUT2D eigenvalue weighted by atomic mass is 9.95. The largest absolute Gasteiger partial charge is 0.481 e. The predicted molar refractivity (Wildman–Crippen MR) is 71.9 cm³/mol. The molecule has 3 rings (SSSR count). The van der Waals surface area contributed by atoms with E-state index in [1.807, 2.05) is 0 Å². The van der Waals surface area contributed by atoms with Crippen molar-refractivity contribution in [2.75, 3.05) is 0 Å². The summed E-state index contributed by atoms with van der Waals surface area (Å²) >= 11 is 0. The van der Waals surface area contributed by atoms with E-state index < -0.39 is 17.9 Å². The summed E-state index contributed by atoms with van der Waals surface area (Å²) in [4.78, 5) is 30.7. The Morgan fingerprint density at radius 1 is 1.33 bits per heavy atom. The van der Waals surface area contributed by atoms with Crippen LogP contribution in [0.4, 0.5) is 0 Å². The number of carboxylic acid groups (broad SMARTS) is 2. The summed E-state index contributed by atoms with van der Waals surface area (Å²) in [6.45, 7) is 0.441. The molecule has 0 radical (unpaired) electrons. The molecule has 0 spiro atoms. The van der Waals surface area contributed by atoms with Gasteiger partial charge in [0.1, 0.15) is 5.82 Å². The highest BCUT2D eigenvalue weighted by Crippen LogP contribution is 2.29. The highest BCUT2D eigenvalue weighted by Gasteiger charge is 2.31. The Balaban J connectivity index is 2.12. The molecule has 0 saturated carbocycles. The molecule has 0 aliphatic carbocycles. The van der Waals surface area contributed by atoms with Crippen LogP contribution in [0.3, 0.4) is 0 Å². The van der Waals surface area contributed by atoms with Gasteiger partial charge in [0.25, 0.3) is 0 Å². The lowest BCUT2D eigenvalue weighted by Crippen LogP contribution is -2.26. The van der Waals surface area contributed by atoms with Gasteiger partial charge in [0.05, 0.1) is 11.6 Å². The van der Waals surface area contributed by atoms with Crippen LogP contribution in [0, 0.1) is 5.92 Å². The number of hydrogen-bond donors (Lipinski definition) is 2. The van der Waals surface area contributed by atoms with Crippen molar-refractivity contribution in [3.63, 3.8) is 0 Å². The van der Waals surface area contributed by atoms with Crippen LogP contribution in [0.5, 0.6) is 0 Å². The Morgan fingerprint density at radius 2 is 2.14 bits per heavy atom. The molecule has 0 fully saturated rings. The Kier molecular flexibility index (Phi) is 3.17. The van der Waals surface area contributed by atoms with Gasteiger partial charge in [-0.15, -0.1) is 0 Å². The van der Waals surface area contributed by atoms with Crippen LogP contribution in [0.15, 0.2) is 24.5 Å². The van der Waals surface area contributed by atoms with Crippen molar-refractivity contribution in [2.45, 2.75) is 19.4 Å². The van der Waals surface area contributed by atoms with Gasteiger partial charge in [0.15, 0.2) is 5.69 Å². The molecule has 1 atom stereocenters. The van der Waals surface area contributed by atoms with Gasteiger partial charge in [-0.25, -0.2) is 9.78 Å². The molecule has 1 unspecified atom stereocenters. The third kappa shape index (κ3) is 2.26. The van der Waals surface area contributed by atoms with Gasteiger partial charge < -0.3 is 14.8 Å². The molecule has 2 aromatic rings. The number of fused-ring (bicyclic) bond motifs is 1. The Bertz CT molecular complexity index is 709. The number of hydrogen-bond acceptors (Lipinski definition) is 4. The van der Waals surface area contributed by atoms with Gasteiger partial charge in [0.2, 0.25) is 0 Å². The van der Waals surface area contributed by atoms with E-state index in [0.29, 0.717) is 24.5 Å². The normalized spacial score (nSPS) is 17.2. The first-order valence-electron chi connectivity index (χ1n) is 6.54. The molecule has 0 aromatic carbocycles. The molecule has 7 nitrogen and oxygen atoms in total. The molecule has 2 N–H and O–H groups in total. The molecular formula is C14H13N3O4. The molecule has 108 valence electrons. The van der Waals surface area contributed by atoms with Gasteiger partial charge in [-0.05, 0) is 18.6 Å². The maximum absolute atomic E-state index is 11.4. The minimum atomic E-state index is -1.14. The number of aromatic carboxylic acids is 1. The number of carboxylic acids is 2. The number of pyridine rings is 1. The molecule has 1 aliphatic heterocycles. The summed E-state index contributed by atoms with van der Waals surface area (Å²) in [6.07, 6.45) is 3.89. The maximum Gasteiger partial charge on any atom is 0.356 e. The van der Waals surface area contributed by atoms with E-state index in [2.05, 4.69) is 9.97 Å². The predicted octanol–water partition coefficient (Wildman–Crippen LogP) is 1.29. The molecule has 0 bridgehead atoms. The van der Waals surface area contributed by atoms with Crippen LogP contribution in [0.2, 0.25) is 0 Å². The van der Waals surface area contributed by atoms with Crippen molar-refractivity contribution in [3.05, 3.63) is 35.9 Å². The standard InChI is InChI=1S/C14H13N3O4/c18-13(19)8-3-5-17-10(6-8)11(14(20)21)16-12(17)9-2-1-4-15-7-9/h1-2,4,7-8H,3,5-6H2,(H,18,19)(H,20,21). The van der Waals surface area contributed by atoms with E-state index in [-0.39, 0.29) is 12.1 Å². The zero-order valence-electron chi connectivity index (χ0n) is 11.1. The number of carbonyl (C=O) groups is 2. The zero-order valence-corrected chi connectivity index (χ0v) is 11.1. The highest BCUT2D eigenvalue weighted by molar-refractivity contribution is 5.88. The number of imidazole rings is 1. The molecule has 2 aromatic heterocycles. The van der Waals surface area contributed by atoms with Crippen molar-refractivity contribution in [1.82, 2.24) is 14.5 Å². The summed E-state index contributed by atoms with van der Waals surface area (Å²) in [6, 6.07) is 3.55. The molecule has 0 amide bonds. The van der Waals surface area contributed by atoms with Crippen LogP contribution in [-0.4, -0.2) is 36.7 Å². The molecular weight excluding hydrogens is 274 g/mol. The molecule has 0 saturated heterocycles. The molecule has 21 heavy (non-hydrogen) atoms. The highest BCUT2D eigenvalue weighted by atomic mass is 16.4. The molecule has 3 heterocycles. The van der Waals surface area contributed by atoms with E-state index in [1.54, 1.807) is 29.1 Å². The van der Waals surface area contributed by atoms with Crippen LogP contribution in [0.1, 0.15) is 22.6 Å². The van der Waals surface area contributed by atoms with E-state index in [1.165, 1.54) is 0 Å². The average molecular weight is 287 g/mol. The van der Waals surface area contributed by atoms with Gasteiger partial charge >= 0.3 is 11.9 Å². The topological polar surface area (TPSA) is 105 Å². The van der Waals surface area contributed by atoms with Crippen LogP contribution < -0.4 is 0 Å². The zero-order chi connectivity index (χ0) is 15.0. The van der Waals surface area contributed by atoms with Crippen LogP contribution in [0.25, 0.3) is 11.4 Å². The van der Waals surface area contributed by atoms with E-state index in [4.69, 9.17) is 5.11 Å². The Labute approximate surface area is 119 Å². The summed E-state index contributed by atoms with van der Waals surface area (Å²) in [5.74, 6) is -2.07. The van der Waals surface area contributed by atoms with E-state index in [9.17, 15) is 14.7 Å². The Hall–Kier alpha value is -2.70. The molecule has 1 aliphatic rings. The Morgan fingerprint density at radius 3 is 2.76 bits per heavy atom. The van der Waals surface area contributed by atoms with Gasteiger partial charge in [-0.1, -0.05) is 0 Å².